The van der Waals surface area contributed by atoms with Gasteiger partial charge in [-0.25, -0.2) is 0 Å². The fourth-order valence-corrected chi connectivity index (χ4v) is 1.12. The molecule has 1 aromatic carbocycles. The molecule has 0 aliphatic carbocycles. The van der Waals surface area contributed by atoms with Crippen LogP contribution in [-0.4, -0.2) is 5.11 Å². The summed E-state index contributed by atoms with van der Waals surface area (Å²) in [5.41, 5.74) is -0.195. The second-order valence-corrected chi connectivity index (χ2v) is 3.86. The third-order valence-corrected chi connectivity index (χ3v) is 1.94. The van der Waals surface area contributed by atoms with Crippen LogP contribution >= 0.6 is 0 Å². The van der Waals surface area contributed by atoms with Crippen LogP contribution in [0.4, 0.5) is 0 Å². The number of hydrogen-bond donors (Lipinski definition) is 1. The largest absolute Gasteiger partial charge is 0.374 e. The van der Waals surface area contributed by atoms with Crippen LogP contribution in [0.15, 0.2) is 30.3 Å². The van der Waals surface area contributed by atoms with Gasteiger partial charge in [0.15, 0.2) is 0 Å². The van der Waals surface area contributed by atoms with Crippen LogP contribution in [0.5, 0.6) is 0 Å². The Hall–Kier alpha value is -1.26. The molecular weight excluding hydrogens is 196 g/mol. The summed E-state index contributed by atoms with van der Waals surface area (Å²) in [6, 6.07) is 9.50. The van der Waals surface area contributed by atoms with Crippen molar-refractivity contribution in [1.29, 1.82) is 0 Å². The molecule has 1 N–H and O–H groups in total. The van der Waals surface area contributed by atoms with Crippen molar-refractivity contribution in [3.63, 3.8) is 0 Å². The minimum Gasteiger partial charge on any atom is -0.374 e. The van der Waals surface area contributed by atoms with Gasteiger partial charge in [0.2, 0.25) is 0 Å². The van der Waals surface area contributed by atoms with Gasteiger partial charge >= 0.3 is 0 Å². The standard InChI is InChI=1S/C13H16O.C2H6/c1-11(2)9-10-13(3,14)12-7-5-4-6-8-12;1-2/h4-8,11,14H,1-3H3;1-2H3. The minimum atomic E-state index is -1.04. The molecule has 88 valence electrons. The average molecular weight is 218 g/mol. The van der Waals surface area contributed by atoms with E-state index in [2.05, 4.69) is 11.8 Å². The van der Waals surface area contributed by atoms with Crippen molar-refractivity contribution in [2.75, 3.05) is 0 Å². The van der Waals surface area contributed by atoms with Gasteiger partial charge < -0.3 is 5.11 Å². The number of hydrogen-bond acceptors (Lipinski definition) is 1. The molecule has 1 nitrogen and oxygen atoms in total. The molecule has 0 aromatic heterocycles. The molecular formula is C15H22O. The number of rotatable bonds is 1. The van der Waals surface area contributed by atoms with Gasteiger partial charge in [-0.3, -0.25) is 0 Å². The Morgan fingerprint density at radius 3 is 2.06 bits per heavy atom. The summed E-state index contributed by atoms with van der Waals surface area (Å²) in [5, 5.41) is 10.1. The zero-order valence-electron chi connectivity index (χ0n) is 10.9. The Bertz CT molecular complexity index is 339. The highest BCUT2D eigenvalue weighted by Crippen LogP contribution is 2.18. The van der Waals surface area contributed by atoms with E-state index in [-0.39, 0.29) is 5.92 Å². The maximum Gasteiger partial charge on any atom is 0.148 e. The van der Waals surface area contributed by atoms with Gasteiger partial charge in [-0.15, -0.1) is 0 Å². The van der Waals surface area contributed by atoms with Crippen molar-refractivity contribution in [2.45, 2.75) is 40.2 Å². The Labute approximate surface area is 99.5 Å². The third kappa shape index (κ3) is 5.00. The molecule has 0 saturated heterocycles. The predicted molar refractivity (Wildman–Crippen MR) is 70.0 cm³/mol. The molecule has 1 heteroatoms. The summed E-state index contributed by atoms with van der Waals surface area (Å²) >= 11 is 0. The van der Waals surface area contributed by atoms with Crippen molar-refractivity contribution in [2.24, 2.45) is 5.92 Å². The lowest BCUT2D eigenvalue weighted by Gasteiger charge is -2.16. The van der Waals surface area contributed by atoms with Crippen molar-refractivity contribution >= 4 is 0 Å². The maximum absolute atomic E-state index is 10.1. The molecule has 0 aliphatic rings. The Balaban J connectivity index is 0.00000106. The lowest BCUT2D eigenvalue weighted by atomic mass is 9.96. The van der Waals surface area contributed by atoms with E-state index < -0.39 is 5.60 Å². The van der Waals surface area contributed by atoms with Crippen molar-refractivity contribution in [1.82, 2.24) is 0 Å². The molecule has 1 unspecified atom stereocenters. The molecule has 1 rings (SSSR count). The molecule has 16 heavy (non-hydrogen) atoms. The van der Waals surface area contributed by atoms with Crippen molar-refractivity contribution < 1.29 is 5.11 Å². The van der Waals surface area contributed by atoms with Crippen LogP contribution in [0.1, 0.15) is 40.2 Å². The smallest absolute Gasteiger partial charge is 0.148 e. The van der Waals surface area contributed by atoms with Gasteiger partial charge in [-0.1, -0.05) is 69.9 Å². The summed E-state index contributed by atoms with van der Waals surface area (Å²) in [4.78, 5) is 0. The lowest BCUT2D eigenvalue weighted by Crippen LogP contribution is -2.18. The highest BCUT2D eigenvalue weighted by Gasteiger charge is 2.18. The molecule has 0 fully saturated rings. The van der Waals surface area contributed by atoms with E-state index in [1.54, 1.807) is 6.92 Å². The van der Waals surface area contributed by atoms with Crippen LogP contribution in [0.2, 0.25) is 0 Å². The monoisotopic (exact) mass is 218 g/mol. The van der Waals surface area contributed by atoms with E-state index >= 15 is 0 Å². The molecule has 0 spiro atoms. The van der Waals surface area contributed by atoms with E-state index in [0.717, 1.165) is 5.56 Å². The SMILES string of the molecule is CC.CC(C)C#CC(C)(O)c1ccccc1. The van der Waals surface area contributed by atoms with E-state index in [9.17, 15) is 5.11 Å². The predicted octanol–water partition coefficient (Wildman–Crippen LogP) is 3.58. The van der Waals surface area contributed by atoms with Gasteiger partial charge in [-0.2, -0.15) is 0 Å². The topological polar surface area (TPSA) is 20.2 Å². The van der Waals surface area contributed by atoms with E-state index in [4.69, 9.17) is 0 Å². The molecule has 0 heterocycles. The van der Waals surface area contributed by atoms with E-state index in [0.29, 0.717) is 0 Å². The Morgan fingerprint density at radius 2 is 1.62 bits per heavy atom. The molecule has 1 atom stereocenters. The molecule has 0 radical (unpaired) electrons. The van der Waals surface area contributed by atoms with Gasteiger partial charge in [0.25, 0.3) is 0 Å². The van der Waals surface area contributed by atoms with Gasteiger partial charge in [-0.05, 0) is 12.5 Å². The maximum atomic E-state index is 10.1. The Kier molecular flexibility index (Phi) is 6.53. The summed E-state index contributed by atoms with van der Waals surface area (Å²) in [5.74, 6) is 6.15. The summed E-state index contributed by atoms with van der Waals surface area (Å²) in [6.45, 7) is 9.74. The summed E-state index contributed by atoms with van der Waals surface area (Å²) in [7, 11) is 0. The van der Waals surface area contributed by atoms with E-state index in [1.165, 1.54) is 0 Å². The number of benzene rings is 1. The second-order valence-electron chi connectivity index (χ2n) is 3.86. The summed E-state index contributed by atoms with van der Waals surface area (Å²) in [6.07, 6.45) is 0. The van der Waals surface area contributed by atoms with Gasteiger partial charge in [0.1, 0.15) is 5.60 Å². The average Bonchev–Trinajstić information content (AvgIpc) is 2.30. The lowest BCUT2D eigenvalue weighted by molar-refractivity contribution is 0.122. The quantitative estimate of drug-likeness (QED) is 0.714. The first-order valence-corrected chi connectivity index (χ1v) is 5.83. The first-order chi connectivity index (χ1) is 7.52. The molecule has 1 aromatic rings. The van der Waals surface area contributed by atoms with Gasteiger partial charge in [0.05, 0.1) is 0 Å². The zero-order chi connectivity index (χ0) is 12.6. The van der Waals surface area contributed by atoms with E-state index in [1.807, 2.05) is 58.0 Å². The van der Waals surface area contributed by atoms with Gasteiger partial charge in [0, 0.05) is 5.92 Å². The van der Waals surface area contributed by atoms with Crippen LogP contribution in [0, 0.1) is 17.8 Å². The normalized spacial score (nSPS) is 12.9. The molecule has 0 amide bonds. The van der Waals surface area contributed by atoms with Crippen LogP contribution < -0.4 is 0 Å². The fourth-order valence-electron chi connectivity index (χ4n) is 1.12. The second kappa shape index (κ2) is 7.09. The van der Waals surface area contributed by atoms with Crippen LogP contribution in [0.3, 0.4) is 0 Å². The highest BCUT2D eigenvalue weighted by atomic mass is 16.3. The molecule has 0 saturated carbocycles. The third-order valence-electron chi connectivity index (χ3n) is 1.94. The minimum absolute atomic E-state index is 0.283. The van der Waals surface area contributed by atoms with Crippen LogP contribution in [-0.2, 0) is 5.60 Å². The molecule has 0 aliphatic heterocycles. The van der Waals surface area contributed by atoms with Crippen molar-refractivity contribution in [3.8, 4) is 11.8 Å². The highest BCUT2D eigenvalue weighted by molar-refractivity contribution is 5.30. The van der Waals surface area contributed by atoms with Crippen LogP contribution in [0.25, 0.3) is 0 Å². The Morgan fingerprint density at radius 1 is 1.12 bits per heavy atom. The van der Waals surface area contributed by atoms with Crippen molar-refractivity contribution in [3.05, 3.63) is 35.9 Å². The molecule has 0 bridgehead atoms. The summed E-state index contributed by atoms with van der Waals surface area (Å²) < 4.78 is 0. The number of aliphatic hydroxyl groups is 1. The first kappa shape index (κ1) is 14.7. The zero-order valence-corrected chi connectivity index (χ0v) is 10.9. The fraction of sp³-hybridized carbons (Fsp3) is 0.467. The first-order valence-electron chi connectivity index (χ1n) is 5.83.